The summed E-state index contributed by atoms with van der Waals surface area (Å²) in [6.07, 6.45) is 3.39. The Bertz CT molecular complexity index is 1280. The fourth-order valence-corrected chi connectivity index (χ4v) is 4.61. The molecule has 1 aliphatic heterocycles. The molecule has 1 saturated heterocycles. The van der Waals surface area contributed by atoms with Gasteiger partial charge >= 0.3 is 0 Å². The average Bonchev–Trinajstić information content (AvgIpc) is 3.29. The van der Waals surface area contributed by atoms with Crippen molar-refractivity contribution in [2.45, 2.75) is 38.8 Å². The second kappa shape index (κ2) is 9.54. The number of benzene rings is 2. The molecule has 1 atom stereocenters. The van der Waals surface area contributed by atoms with Crippen LogP contribution in [0.1, 0.15) is 49.2 Å². The van der Waals surface area contributed by atoms with Crippen molar-refractivity contribution in [2.75, 3.05) is 19.7 Å². The van der Waals surface area contributed by atoms with E-state index in [1.54, 1.807) is 0 Å². The molecule has 2 aromatic heterocycles. The van der Waals surface area contributed by atoms with Crippen LogP contribution in [-0.4, -0.2) is 49.8 Å². The van der Waals surface area contributed by atoms with Crippen molar-refractivity contribution in [1.29, 1.82) is 0 Å². The third-order valence-electron chi connectivity index (χ3n) is 6.19. The molecule has 33 heavy (non-hydrogen) atoms. The minimum atomic E-state index is -0.326. The maximum Gasteiger partial charge on any atom is 0.253 e. The fourth-order valence-electron chi connectivity index (χ4n) is 4.61. The smallest absolute Gasteiger partial charge is 0.253 e. The zero-order valence-corrected chi connectivity index (χ0v) is 18.8. The van der Waals surface area contributed by atoms with E-state index in [1.807, 2.05) is 54.1 Å². The molecule has 0 aliphatic carbocycles. The van der Waals surface area contributed by atoms with E-state index < -0.39 is 0 Å². The maximum atomic E-state index is 13.3. The summed E-state index contributed by atoms with van der Waals surface area (Å²) < 4.78 is 7.49. The Kier molecular flexibility index (Phi) is 6.17. The van der Waals surface area contributed by atoms with Crippen LogP contribution in [0.4, 0.5) is 0 Å². The Hall–Kier alpha value is -3.52. The molecule has 0 unspecified atom stereocenters. The van der Waals surface area contributed by atoms with Gasteiger partial charge in [-0.1, -0.05) is 36.8 Å². The van der Waals surface area contributed by atoms with Gasteiger partial charge in [0.25, 0.3) is 5.56 Å². The van der Waals surface area contributed by atoms with Crippen LogP contribution in [0.5, 0.6) is 5.75 Å². The van der Waals surface area contributed by atoms with Crippen LogP contribution in [-0.2, 0) is 6.54 Å². The monoisotopic (exact) mass is 444 g/mol. The number of likely N-dealkylation sites (tertiary alicyclic amines) is 1. The van der Waals surface area contributed by atoms with Gasteiger partial charge in [0.2, 0.25) is 0 Å². The molecule has 0 saturated carbocycles. The molecule has 0 bridgehead atoms. The highest BCUT2D eigenvalue weighted by atomic mass is 16.5. The molecule has 8 nitrogen and oxygen atoms in total. The highest BCUT2D eigenvalue weighted by Gasteiger charge is 2.31. The van der Waals surface area contributed by atoms with Crippen molar-refractivity contribution in [3.8, 4) is 5.75 Å². The second-order valence-electron chi connectivity index (χ2n) is 8.42. The number of hydrogen-bond donors (Lipinski definition) is 1. The first-order valence-electron chi connectivity index (χ1n) is 11.6. The second-order valence-corrected chi connectivity index (χ2v) is 8.42. The molecular weight excluding hydrogens is 416 g/mol. The first-order valence-corrected chi connectivity index (χ1v) is 11.6. The van der Waals surface area contributed by atoms with E-state index in [2.05, 4.69) is 37.5 Å². The maximum absolute atomic E-state index is 13.3. The lowest BCUT2D eigenvalue weighted by atomic mass is 10.0. The Labute approximate surface area is 192 Å². The van der Waals surface area contributed by atoms with E-state index in [0.717, 1.165) is 48.1 Å². The van der Waals surface area contributed by atoms with Gasteiger partial charge < -0.3 is 9.72 Å². The largest absolute Gasteiger partial charge is 0.494 e. The average molecular weight is 445 g/mol. The number of aromatic amines is 1. The molecule has 1 aliphatic rings. The van der Waals surface area contributed by atoms with Crippen LogP contribution < -0.4 is 10.3 Å². The van der Waals surface area contributed by atoms with E-state index in [1.165, 1.54) is 6.42 Å². The lowest BCUT2D eigenvalue weighted by molar-refractivity contribution is 0.177. The van der Waals surface area contributed by atoms with Crippen LogP contribution in [0.3, 0.4) is 0 Å². The normalized spacial score (nSPS) is 15.5. The van der Waals surface area contributed by atoms with Gasteiger partial charge in [0.15, 0.2) is 5.82 Å². The Morgan fingerprint density at radius 1 is 1.06 bits per heavy atom. The van der Waals surface area contributed by atoms with Gasteiger partial charge in [-0.3, -0.25) is 9.69 Å². The number of hydrogen-bond acceptors (Lipinski definition) is 6. The van der Waals surface area contributed by atoms with E-state index in [0.29, 0.717) is 24.5 Å². The van der Waals surface area contributed by atoms with Crippen molar-refractivity contribution in [3.63, 3.8) is 0 Å². The highest BCUT2D eigenvalue weighted by Crippen LogP contribution is 2.30. The molecule has 3 heterocycles. The summed E-state index contributed by atoms with van der Waals surface area (Å²) in [5.74, 6) is 1.47. The number of fused-ring (bicyclic) bond motifs is 1. The number of rotatable bonds is 7. The summed E-state index contributed by atoms with van der Waals surface area (Å²) >= 11 is 0. The van der Waals surface area contributed by atoms with Crippen molar-refractivity contribution in [2.24, 2.45) is 0 Å². The number of piperidine rings is 1. The number of pyridine rings is 1. The zero-order chi connectivity index (χ0) is 22.6. The lowest BCUT2D eigenvalue weighted by Gasteiger charge is -2.33. The van der Waals surface area contributed by atoms with Crippen LogP contribution in [0.25, 0.3) is 10.9 Å². The molecule has 0 radical (unpaired) electrons. The van der Waals surface area contributed by atoms with E-state index >= 15 is 0 Å². The number of H-pyrrole nitrogens is 1. The summed E-state index contributed by atoms with van der Waals surface area (Å²) in [5.41, 5.74) is 2.43. The summed E-state index contributed by atoms with van der Waals surface area (Å²) in [6.45, 7) is 4.90. The molecule has 0 spiro atoms. The van der Waals surface area contributed by atoms with Crippen molar-refractivity contribution >= 4 is 10.9 Å². The van der Waals surface area contributed by atoms with E-state index in [4.69, 9.17) is 4.74 Å². The SMILES string of the molecule is CCOc1ccc2[nH]c(=O)c([C@@H](c3nnnn3Cc3ccccc3)N3CCCCC3)cc2c1. The molecule has 5 rings (SSSR count). The topological polar surface area (TPSA) is 88.9 Å². The van der Waals surface area contributed by atoms with Crippen LogP contribution >= 0.6 is 0 Å². The molecule has 1 fully saturated rings. The summed E-state index contributed by atoms with van der Waals surface area (Å²) in [5, 5.41) is 13.6. The summed E-state index contributed by atoms with van der Waals surface area (Å²) in [6, 6.07) is 17.5. The Balaban J connectivity index is 1.61. The van der Waals surface area contributed by atoms with Gasteiger partial charge in [0.1, 0.15) is 11.8 Å². The molecule has 0 amide bonds. The first-order chi connectivity index (χ1) is 16.2. The number of ether oxygens (including phenoxy) is 1. The van der Waals surface area contributed by atoms with Crippen molar-refractivity contribution in [1.82, 2.24) is 30.1 Å². The minimum Gasteiger partial charge on any atom is -0.494 e. The standard InChI is InChI=1S/C25H28N6O2/c1-2-33-20-11-12-22-19(15-20)16-21(25(32)26-22)23(30-13-7-4-8-14-30)24-27-28-29-31(24)17-18-9-5-3-6-10-18/h3,5-6,9-12,15-16,23H,2,4,7-8,13-14,17H2,1H3,(H,26,32)/t23-/m0/s1. The van der Waals surface area contributed by atoms with Crippen LogP contribution in [0.2, 0.25) is 0 Å². The molecule has 4 aromatic rings. The Morgan fingerprint density at radius 2 is 1.88 bits per heavy atom. The molecule has 2 aromatic carbocycles. The quantitative estimate of drug-likeness (QED) is 0.469. The number of tetrazole rings is 1. The summed E-state index contributed by atoms with van der Waals surface area (Å²) in [7, 11) is 0. The Morgan fingerprint density at radius 3 is 2.67 bits per heavy atom. The van der Waals surface area contributed by atoms with Crippen molar-refractivity contribution in [3.05, 3.63) is 81.9 Å². The van der Waals surface area contributed by atoms with Crippen LogP contribution in [0, 0.1) is 0 Å². The molecule has 170 valence electrons. The molecule has 1 N–H and O–H groups in total. The highest BCUT2D eigenvalue weighted by molar-refractivity contribution is 5.80. The van der Waals surface area contributed by atoms with E-state index in [9.17, 15) is 4.79 Å². The number of nitrogens with zero attached hydrogens (tertiary/aromatic N) is 5. The first kappa shape index (κ1) is 21.3. The van der Waals surface area contributed by atoms with Gasteiger partial charge in [-0.15, -0.1) is 5.10 Å². The third kappa shape index (κ3) is 4.52. The van der Waals surface area contributed by atoms with Gasteiger partial charge in [-0.25, -0.2) is 4.68 Å². The van der Waals surface area contributed by atoms with Crippen molar-refractivity contribution < 1.29 is 4.74 Å². The van der Waals surface area contributed by atoms with E-state index in [-0.39, 0.29) is 11.6 Å². The third-order valence-corrected chi connectivity index (χ3v) is 6.19. The minimum absolute atomic E-state index is 0.114. The zero-order valence-electron chi connectivity index (χ0n) is 18.8. The summed E-state index contributed by atoms with van der Waals surface area (Å²) in [4.78, 5) is 18.7. The lowest BCUT2D eigenvalue weighted by Crippen LogP contribution is -2.38. The van der Waals surface area contributed by atoms with Gasteiger partial charge in [-0.05, 0) is 73.1 Å². The number of aromatic nitrogens is 5. The predicted octanol–water partition coefficient (Wildman–Crippen LogP) is 3.54. The number of nitrogens with one attached hydrogen (secondary N) is 1. The van der Waals surface area contributed by atoms with Gasteiger partial charge in [-0.2, -0.15) is 0 Å². The van der Waals surface area contributed by atoms with Gasteiger partial charge in [0, 0.05) is 16.5 Å². The van der Waals surface area contributed by atoms with Gasteiger partial charge in [0.05, 0.1) is 13.2 Å². The molecule has 8 heteroatoms. The molecular formula is C25H28N6O2. The fraction of sp³-hybridized carbons (Fsp3) is 0.360. The predicted molar refractivity (Wildman–Crippen MR) is 126 cm³/mol. The van der Waals surface area contributed by atoms with Crippen LogP contribution in [0.15, 0.2) is 59.4 Å².